The van der Waals surface area contributed by atoms with Crippen molar-refractivity contribution in [1.29, 1.82) is 0 Å². The van der Waals surface area contributed by atoms with E-state index in [1.165, 1.54) is 6.07 Å². The minimum absolute atomic E-state index is 0.0000113. The Morgan fingerprint density at radius 1 is 0.833 bits per heavy atom. The maximum absolute atomic E-state index is 11.9. The molecule has 0 aliphatic rings. The van der Waals surface area contributed by atoms with Crippen LogP contribution in [-0.2, 0) is 0 Å². The summed E-state index contributed by atoms with van der Waals surface area (Å²) >= 11 is 0. The summed E-state index contributed by atoms with van der Waals surface area (Å²) in [4.78, 5) is 23.4. The minimum Gasteiger partial charge on any atom is -0.478 e. The van der Waals surface area contributed by atoms with E-state index in [0.29, 0.717) is 17.4 Å². The first kappa shape index (κ1) is 20.2. The van der Waals surface area contributed by atoms with Crippen molar-refractivity contribution in [2.45, 2.75) is 66.2 Å². The quantitative estimate of drug-likeness (QED) is 0.669. The third-order valence-corrected chi connectivity index (χ3v) is 4.40. The van der Waals surface area contributed by atoms with Crippen LogP contribution in [0, 0.1) is 11.8 Å². The van der Waals surface area contributed by atoms with Crippen LogP contribution in [0.5, 0.6) is 0 Å². The number of hydrogen-bond donors (Lipinski definition) is 2. The van der Waals surface area contributed by atoms with Gasteiger partial charge in [0.15, 0.2) is 0 Å². The Hall–Kier alpha value is -1.84. The summed E-state index contributed by atoms with van der Waals surface area (Å²) in [5.41, 5.74) is 1.51. The lowest BCUT2D eigenvalue weighted by Gasteiger charge is -2.25. The molecular formula is C20H30O4. The molecule has 0 aliphatic carbocycles. The zero-order valence-electron chi connectivity index (χ0n) is 15.6. The lowest BCUT2D eigenvalue weighted by atomic mass is 9.78. The first-order valence-corrected chi connectivity index (χ1v) is 8.69. The molecule has 4 nitrogen and oxygen atoms in total. The van der Waals surface area contributed by atoms with Gasteiger partial charge in [0, 0.05) is 0 Å². The topological polar surface area (TPSA) is 74.6 Å². The van der Waals surface area contributed by atoms with Crippen LogP contribution in [0.1, 0.15) is 98.1 Å². The van der Waals surface area contributed by atoms with Gasteiger partial charge in [0.2, 0.25) is 0 Å². The highest BCUT2D eigenvalue weighted by atomic mass is 16.4. The molecule has 134 valence electrons. The molecule has 0 bridgehead atoms. The van der Waals surface area contributed by atoms with Gasteiger partial charge in [-0.15, -0.1) is 0 Å². The van der Waals surface area contributed by atoms with Crippen LogP contribution in [-0.4, -0.2) is 22.2 Å². The molecule has 4 heteroatoms. The Kier molecular flexibility index (Phi) is 7.00. The third kappa shape index (κ3) is 4.83. The van der Waals surface area contributed by atoms with Crippen LogP contribution in [0.25, 0.3) is 0 Å². The fourth-order valence-corrected chi connectivity index (χ4v) is 3.66. The summed E-state index contributed by atoms with van der Waals surface area (Å²) < 4.78 is 0. The van der Waals surface area contributed by atoms with E-state index in [9.17, 15) is 19.8 Å². The Morgan fingerprint density at radius 2 is 1.33 bits per heavy atom. The molecule has 1 rings (SSSR count). The molecule has 0 heterocycles. The smallest absolute Gasteiger partial charge is 0.336 e. The van der Waals surface area contributed by atoms with Crippen LogP contribution in [0.2, 0.25) is 0 Å². The van der Waals surface area contributed by atoms with Gasteiger partial charge < -0.3 is 10.2 Å². The molecule has 1 aromatic rings. The first-order valence-electron chi connectivity index (χ1n) is 8.69. The van der Waals surface area contributed by atoms with E-state index in [4.69, 9.17) is 0 Å². The van der Waals surface area contributed by atoms with Gasteiger partial charge in [0.25, 0.3) is 0 Å². The zero-order valence-corrected chi connectivity index (χ0v) is 15.6. The Bertz CT molecular complexity index is 602. The molecule has 0 saturated heterocycles. The summed E-state index contributed by atoms with van der Waals surface area (Å²) in [5.74, 6) is -1.26. The Labute approximate surface area is 144 Å². The minimum atomic E-state index is -1.19. The largest absolute Gasteiger partial charge is 0.478 e. The van der Waals surface area contributed by atoms with Crippen molar-refractivity contribution < 1.29 is 19.8 Å². The summed E-state index contributed by atoms with van der Waals surface area (Å²) in [6, 6.07) is 3.26. The van der Waals surface area contributed by atoms with Crippen molar-refractivity contribution in [3.63, 3.8) is 0 Å². The zero-order chi connectivity index (χ0) is 18.6. The number of hydrogen-bond acceptors (Lipinski definition) is 2. The predicted octanol–water partition coefficient (Wildman–Crippen LogP) is 5.38. The summed E-state index contributed by atoms with van der Waals surface area (Å²) in [6.07, 6.45) is 1.76. The maximum atomic E-state index is 11.9. The van der Waals surface area contributed by atoms with Crippen molar-refractivity contribution in [3.05, 3.63) is 34.4 Å². The van der Waals surface area contributed by atoms with Gasteiger partial charge in [-0.2, -0.15) is 0 Å². The van der Waals surface area contributed by atoms with Crippen LogP contribution >= 0.6 is 0 Å². The molecular weight excluding hydrogens is 304 g/mol. The summed E-state index contributed by atoms with van der Waals surface area (Å²) in [7, 11) is 0. The van der Waals surface area contributed by atoms with Gasteiger partial charge in [-0.3, -0.25) is 0 Å². The second-order valence-corrected chi connectivity index (χ2v) is 7.66. The number of carboxylic acid groups (broad SMARTS) is 2. The second-order valence-electron chi connectivity index (χ2n) is 7.66. The van der Waals surface area contributed by atoms with Crippen LogP contribution in [0.3, 0.4) is 0 Å². The lowest BCUT2D eigenvalue weighted by Crippen LogP contribution is -2.17. The standard InChI is InChI=1S/C20H30O4/c1-11(2)9-13(5)15-7-8-16(19(21)22)18(20(23)24)17(15)14(6)10-12(3)4/h7-8,11-14H,9-10H2,1-6H3,(H,21,22)(H,23,24). The average Bonchev–Trinajstić information content (AvgIpc) is 2.43. The van der Waals surface area contributed by atoms with E-state index >= 15 is 0 Å². The molecule has 2 atom stereocenters. The molecule has 0 aliphatic heterocycles. The first-order chi connectivity index (χ1) is 11.1. The molecule has 0 saturated carbocycles. The van der Waals surface area contributed by atoms with Gasteiger partial charge in [0.05, 0.1) is 11.1 Å². The molecule has 0 amide bonds. The monoisotopic (exact) mass is 334 g/mol. The van der Waals surface area contributed by atoms with Gasteiger partial charge in [-0.05, 0) is 53.7 Å². The van der Waals surface area contributed by atoms with E-state index in [2.05, 4.69) is 34.6 Å². The van der Waals surface area contributed by atoms with E-state index in [-0.39, 0.29) is 23.0 Å². The number of aromatic carboxylic acids is 2. The number of carboxylic acids is 2. The van der Waals surface area contributed by atoms with Crippen LogP contribution in [0.4, 0.5) is 0 Å². The molecule has 24 heavy (non-hydrogen) atoms. The van der Waals surface area contributed by atoms with Gasteiger partial charge in [-0.25, -0.2) is 9.59 Å². The van der Waals surface area contributed by atoms with E-state index in [1.807, 2.05) is 13.0 Å². The van der Waals surface area contributed by atoms with Crippen molar-refractivity contribution >= 4 is 11.9 Å². The Balaban J connectivity index is 3.61. The van der Waals surface area contributed by atoms with E-state index in [1.54, 1.807) is 0 Å². The van der Waals surface area contributed by atoms with Crippen molar-refractivity contribution in [1.82, 2.24) is 0 Å². The molecule has 2 unspecified atom stereocenters. The fraction of sp³-hybridized carbons (Fsp3) is 0.600. The normalized spacial score (nSPS) is 14.0. The molecule has 0 aromatic heterocycles. The van der Waals surface area contributed by atoms with Gasteiger partial charge >= 0.3 is 11.9 Å². The number of rotatable bonds is 8. The molecule has 2 N–H and O–H groups in total. The molecule has 0 radical (unpaired) electrons. The van der Waals surface area contributed by atoms with E-state index < -0.39 is 11.9 Å². The van der Waals surface area contributed by atoms with Gasteiger partial charge in [-0.1, -0.05) is 47.6 Å². The summed E-state index contributed by atoms with van der Waals surface area (Å²) in [6.45, 7) is 12.5. The average molecular weight is 334 g/mol. The molecule has 1 aromatic carbocycles. The highest BCUT2D eigenvalue weighted by Crippen LogP contribution is 2.37. The number of carbonyl (C=O) groups is 2. The predicted molar refractivity (Wildman–Crippen MR) is 96.1 cm³/mol. The molecule has 0 fully saturated rings. The Morgan fingerprint density at radius 3 is 1.75 bits per heavy atom. The van der Waals surface area contributed by atoms with Crippen molar-refractivity contribution in [2.24, 2.45) is 11.8 Å². The highest BCUT2D eigenvalue weighted by Gasteiger charge is 2.28. The number of benzene rings is 1. The van der Waals surface area contributed by atoms with Crippen molar-refractivity contribution in [3.8, 4) is 0 Å². The summed E-state index contributed by atoms with van der Waals surface area (Å²) in [5, 5.41) is 19.1. The lowest BCUT2D eigenvalue weighted by molar-refractivity contribution is 0.0649. The maximum Gasteiger partial charge on any atom is 0.336 e. The highest BCUT2D eigenvalue weighted by molar-refractivity contribution is 6.03. The van der Waals surface area contributed by atoms with Crippen LogP contribution < -0.4 is 0 Å². The van der Waals surface area contributed by atoms with Crippen LogP contribution in [0.15, 0.2) is 12.1 Å². The molecule has 0 spiro atoms. The van der Waals surface area contributed by atoms with Gasteiger partial charge in [0.1, 0.15) is 0 Å². The van der Waals surface area contributed by atoms with E-state index in [0.717, 1.165) is 18.4 Å². The SMILES string of the molecule is CC(C)CC(C)c1ccc(C(=O)O)c(C(=O)O)c1C(C)CC(C)C. The van der Waals surface area contributed by atoms with Crippen molar-refractivity contribution in [2.75, 3.05) is 0 Å². The fourth-order valence-electron chi connectivity index (χ4n) is 3.66. The second kappa shape index (κ2) is 8.32. The third-order valence-electron chi connectivity index (χ3n) is 4.40.